The van der Waals surface area contributed by atoms with Gasteiger partial charge in [0.15, 0.2) is 0 Å². The number of halogens is 1. The van der Waals surface area contributed by atoms with Crippen LogP contribution in [0.25, 0.3) is 10.9 Å². The van der Waals surface area contributed by atoms with Gasteiger partial charge in [-0.3, -0.25) is 9.69 Å². The number of aromatic amines is 1. The van der Waals surface area contributed by atoms with Crippen LogP contribution >= 0.6 is 11.3 Å². The Morgan fingerprint density at radius 3 is 2.84 bits per heavy atom. The van der Waals surface area contributed by atoms with E-state index in [1.54, 1.807) is 0 Å². The van der Waals surface area contributed by atoms with Crippen molar-refractivity contribution in [1.82, 2.24) is 25.4 Å². The number of fused-ring (bicyclic) bond motifs is 1. The largest absolute Gasteiger partial charge is 0.361 e. The Bertz CT molecular complexity index is 997. The van der Waals surface area contributed by atoms with Crippen molar-refractivity contribution >= 4 is 33.3 Å². The minimum Gasteiger partial charge on any atom is -0.361 e. The van der Waals surface area contributed by atoms with Crippen molar-refractivity contribution in [3.63, 3.8) is 0 Å². The number of nitrogens with one attached hydrogen (secondary N) is 2. The SMILES string of the molecule is CCCC(Cc1c[nH]c2ccccc12)NC(=O)c1nnc(N2CCN(CCF)CC2)s1. The Morgan fingerprint density at radius 1 is 1.26 bits per heavy atom. The standard InChI is InChI=1S/C22H29FN6OS/c1-2-5-17(14-16-15-24-19-7-4-3-6-18(16)19)25-20(30)21-26-27-22(31-21)29-12-10-28(9-8-23)11-13-29/h3-4,6-7,15,17,24H,2,5,8-14H2,1H3,(H,25,30). The van der Waals surface area contributed by atoms with Gasteiger partial charge in [-0.1, -0.05) is 42.9 Å². The summed E-state index contributed by atoms with van der Waals surface area (Å²) in [4.78, 5) is 20.4. The van der Waals surface area contributed by atoms with Crippen molar-refractivity contribution in [3.05, 3.63) is 41.0 Å². The van der Waals surface area contributed by atoms with Gasteiger partial charge in [-0.2, -0.15) is 0 Å². The molecule has 1 saturated heterocycles. The lowest BCUT2D eigenvalue weighted by atomic mass is 10.0. The highest BCUT2D eigenvalue weighted by Crippen LogP contribution is 2.23. The molecule has 0 aliphatic carbocycles. The molecule has 1 aliphatic rings. The fraction of sp³-hybridized carbons (Fsp3) is 0.500. The highest BCUT2D eigenvalue weighted by molar-refractivity contribution is 7.17. The molecule has 31 heavy (non-hydrogen) atoms. The van der Waals surface area contributed by atoms with Crippen LogP contribution in [-0.4, -0.2) is 71.4 Å². The number of aromatic nitrogens is 3. The van der Waals surface area contributed by atoms with Crippen molar-refractivity contribution in [3.8, 4) is 0 Å². The van der Waals surface area contributed by atoms with E-state index in [0.29, 0.717) is 11.6 Å². The number of amides is 1. The molecule has 3 aromatic rings. The minimum atomic E-state index is -0.319. The Kier molecular flexibility index (Phi) is 7.14. The first-order chi connectivity index (χ1) is 15.2. The van der Waals surface area contributed by atoms with E-state index < -0.39 is 0 Å². The summed E-state index contributed by atoms with van der Waals surface area (Å²) in [6.45, 7) is 5.43. The second-order valence-electron chi connectivity index (χ2n) is 7.93. The van der Waals surface area contributed by atoms with Gasteiger partial charge in [0.2, 0.25) is 10.1 Å². The summed E-state index contributed by atoms with van der Waals surface area (Å²) in [5.74, 6) is -0.168. The Balaban J connectivity index is 1.38. The minimum absolute atomic E-state index is 0.0355. The van der Waals surface area contributed by atoms with Gasteiger partial charge < -0.3 is 15.2 Å². The monoisotopic (exact) mass is 444 g/mol. The van der Waals surface area contributed by atoms with Crippen LogP contribution in [0.2, 0.25) is 0 Å². The maximum absolute atomic E-state index is 12.9. The van der Waals surface area contributed by atoms with E-state index in [9.17, 15) is 9.18 Å². The lowest BCUT2D eigenvalue weighted by molar-refractivity contribution is 0.0933. The molecule has 4 rings (SSSR count). The normalized spacial score (nSPS) is 16.0. The number of para-hydroxylation sites is 1. The zero-order valence-electron chi connectivity index (χ0n) is 17.8. The summed E-state index contributed by atoms with van der Waals surface area (Å²) in [5, 5.41) is 13.9. The van der Waals surface area contributed by atoms with Gasteiger partial charge in [-0.15, -0.1) is 10.2 Å². The summed E-state index contributed by atoms with van der Waals surface area (Å²) >= 11 is 1.33. The number of anilines is 1. The molecule has 1 aromatic carbocycles. The molecule has 2 N–H and O–H groups in total. The number of rotatable bonds is 9. The van der Waals surface area contributed by atoms with Gasteiger partial charge in [0.05, 0.1) is 0 Å². The molecule has 1 unspecified atom stereocenters. The third-order valence-corrected chi connectivity index (χ3v) is 6.75. The molecule has 2 aromatic heterocycles. The smallest absolute Gasteiger partial charge is 0.282 e. The second-order valence-corrected chi connectivity index (χ2v) is 8.89. The predicted molar refractivity (Wildman–Crippen MR) is 123 cm³/mol. The maximum atomic E-state index is 12.9. The molecule has 7 nitrogen and oxygen atoms in total. The van der Waals surface area contributed by atoms with Crippen molar-refractivity contribution < 1.29 is 9.18 Å². The zero-order chi connectivity index (χ0) is 21.6. The summed E-state index contributed by atoms with van der Waals surface area (Å²) in [6.07, 6.45) is 4.68. The quantitative estimate of drug-likeness (QED) is 0.530. The van der Waals surface area contributed by atoms with E-state index in [2.05, 4.69) is 49.4 Å². The van der Waals surface area contributed by atoms with Gasteiger partial charge >= 0.3 is 0 Å². The van der Waals surface area contributed by atoms with E-state index in [4.69, 9.17) is 0 Å². The van der Waals surface area contributed by atoms with E-state index in [1.807, 2.05) is 18.3 Å². The van der Waals surface area contributed by atoms with Crippen molar-refractivity contribution in [2.75, 3.05) is 44.3 Å². The van der Waals surface area contributed by atoms with Crippen molar-refractivity contribution in [2.45, 2.75) is 32.2 Å². The molecule has 9 heteroatoms. The number of nitrogens with zero attached hydrogens (tertiary/aromatic N) is 4. The fourth-order valence-electron chi connectivity index (χ4n) is 4.10. The molecule has 1 fully saturated rings. The Hall–Kier alpha value is -2.52. The maximum Gasteiger partial charge on any atom is 0.282 e. The summed E-state index contributed by atoms with van der Waals surface area (Å²) in [5.41, 5.74) is 2.32. The average molecular weight is 445 g/mol. The fourth-order valence-corrected chi connectivity index (χ4v) is 4.90. The molecule has 3 heterocycles. The van der Waals surface area contributed by atoms with Gasteiger partial charge in [0.25, 0.3) is 5.91 Å². The Labute approximate surface area is 185 Å². The first-order valence-electron chi connectivity index (χ1n) is 10.9. The first-order valence-corrected chi connectivity index (χ1v) is 11.7. The lowest BCUT2D eigenvalue weighted by Gasteiger charge is -2.33. The molecular weight excluding hydrogens is 415 g/mol. The number of piperazine rings is 1. The van der Waals surface area contributed by atoms with Crippen LogP contribution in [0.5, 0.6) is 0 Å². The summed E-state index contributed by atoms with van der Waals surface area (Å²) in [6, 6.07) is 8.26. The first kappa shape index (κ1) is 21.7. The zero-order valence-corrected chi connectivity index (χ0v) is 18.6. The van der Waals surface area contributed by atoms with Crippen molar-refractivity contribution in [1.29, 1.82) is 0 Å². The van der Waals surface area contributed by atoms with Gasteiger partial charge in [-0.25, -0.2) is 4.39 Å². The number of hydrogen-bond donors (Lipinski definition) is 2. The Morgan fingerprint density at radius 2 is 2.06 bits per heavy atom. The van der Waals surface area contributed by atoms with Crippen LogP contribution in [0.1, 0.15) is 35.1 Å². The van der Waals surface area contributed by atoms with E-state index in [0.717, 1.165) is 56.1 Å². The van der Waals surface area contributed by atoms with Gasteiger partial charge in [0, 0.05) is 55.9 Å². The van der Waals surface area contributed by atoms with Crippen LogP contribution in [-0.2, 0) is 6.42 Å². The highest BCUT2D eigenvalue weighted by Gasteiger charge is 2.23. The molecule has 0 radical (unpaired) electrons. The number of carbonyl (C=O) groups is 1. The highest BCUT2D eigenvalue weighted by atomic mass is 32.1. The van der Waals surface area contributed by atoms with Gasteiger partial charge in [-0.05, 0) is 24.5 Å². The number of hydrogen-bond acceptors (Lipinski definition) is 6. The van der Waals surface area contributed by atoms with Crippen LogP contribution in [0, 0.1) is 0 Å². The third kappa shape index (κ3) is 5.22. The molecule has 0 saturated carbocycles. The molecule has 0 spiro atoms. The lowest BCUT2D eigenvalue weighted by Crippen LogP contribution is -2.47. The van der Waals surface area contributed by atoms with E-state index in [-0.39, 0.29) is 18.6 Å². The molecule has 1 aliphatic heterocycles. The third-order valence-electron chi connectivity index (χ3n) is 5.77. The van der Waals surface area contributed by atoms with Crippen LogP contribution in [0.4, 0.5) is 9.52 Å². The van der Waals surface area contributed by atoms with Crippen LogP contribution in [0.15, 0.2) is 30.5 Å². The molecule has 166 valence electrons. The number of H-pyrrole nitrogens is 1. The molecular formula is C22H29FN6OS. The topological polar surface area (TPSA) is 77.1 Å². The summed E-state index contributed by atoms with van der Waals surface area (Å²) in [7, 11) is 0. The average Bonchev–Trinajstić information content (AvgIpc) is 3.43. The second kappa shape index (κ2) is 10.2. The van der Waals surface area contributed by atoms with Crippen LogP contribution < -0.4 is 10.2 Å². The summed E-state index contributed by atoms with van der Waals surface area (Å²) < 4.78 is 12.5. The molecule has 1 amide bonds. The number of carbonyl (C=O) groups excluding carboxylic acids is 1. The van der Waals surface area contributed by atoms with E-state index in [1.165, 1.54) is 22.3 Å². The number of alkyl halides is 1. The molecule has 1 atom stereocenters. The van der Waals surface area contributed by atoms with E-state index >= 15 is 0 Å². The number of benzene rings is 1. The predicted octanol–water partition coefficient (Wildman–Crippen LogP) is 3.25. The van der Waals surface area contributed by atoms with Crippen molar-refractivity contribution in [2.24, 2.45) is 0 Å². The van der Waals surface area contributed by atoms with Crippen LogP contribution in [0.3, 0.4) is 0 Å². The van der Waals surface area contributed by atoms with Gasteiger partial charge in [0.1, 0.15) is 6.67 Å². The molecule has 0 bridgehead atoms.